The number of hydrogen-bond acceptors (Lipinski definition) is 4. The average molecular weight is 416 g/mol. The zero-order chi connectivity index (χ0) is 15.0. The summed E-state index contributed by atoms with van der Waals surface area (Å²) in [5.41, 5.74) is 1.95. The van der Waals surface area contributed by atoms with Gasteiger partial charge in [-0.1, -0.05) is 12.1 Å². The van der Waals surface area contributed by atoms with Gasteiger partial charge in [0.15, 0.2) is 16.1 Å². The number of halogens is 1. The monoisotopic (exact) mass is 416 g/mol. The van der Waals surface area contributed by atoms with Crippen LogP contribution in [-0.4, -0.2) is 36.0 Å². The maximum absolute atomic E-state index is 11.6. The number of hydrogen-bond donors (Lipinski definition) is 0. The molecule has 1 aliphatic rings. The molecule has 1 aromatic heterocycles. The zero-order valence-corrected chi connectivity index (χ0v) is 14.0. The molecule has 2 heterocycles. The molecule has 2 aromatic rings. The minimum Gasteiger partial charge on any atom is -0.298 e. The van der Waals surface area contributed by atoms with Gasteiger partial charge >= 0.3 is 0 Å². The molecule has 1 aromatic carbocycles. The van der Waals surface area contributed by atoms with E-state index >= 15 is 0 Å². The molecule has 1 saturated heterocycles. The molecule has 3 rings (SSSR count). The second kappa shape index (κ2) is 5.53. The molecule has 7 heteroatoms. The topological polar surface area (TPSA) is 69.0 Å². The highest BCUT2D eigenvalue weighted by Gasteiger charge is 2.30. The minimum atomic E-state index is -2.97. The summed E-state index contributed by atoms with van der Waals surface area (Å²) in [6.07, 6.45) is 2.96. The summed E-state index contributed by atoms with van der Waals surface area (Å²) in [5.74, 6) is 0.284. The lowest BCUT2D eigenvalue weighted by molar-refractivity contribution is 0.112. The quantitative estimate of drug-likeness (QED) is 0.569. The minimum absolute atomic E-state index is 0.0963. The van der Waals surface area contributed by atoms with E-state index in [-0.39, 0.29) is 17.5 Å². The molecule has 0 aliphatic carbocycles. The molecule has 0 spiro atoms. The molecule has 1 aliphatic heterocycles. The molecule has 1 atom stereocenters. The first kappa shape index (κ1) is 14.7. The van der Waals surface area contributed by atoms with Crippen molar-refractivity contribution in [2.45, 2.75) is 12.5 Å². The molecular formula is C14H13IN2O3S. The summed E-state index contributed by atoms with van der Waals surface area (Å²) in [6, 6.07) is 7.54. The van der Waals surface area contributed by atoms with Crippen LogP contribution >= 0.6 is 22.6 Å². The Morgan fingerprint density at radius 2 is 2.00 bits per heavy atom. The first-order valence-corrected chi connectivity index (χ1v) is 9.39. The van der Waals surface area contributed by atoms with Crippen molar-refractivity contribution in [1.82, 2.24) is 9.78 Å². The molecule has 0 amide bonds. The first-order valence-electron chi connectivity index (χ1n) is 6.49. The Hall–Kier alpha value is -1.22. The Kier molecular flexibility index (Phi) is 3.87. The number of aldehydes is 1. The number of carbonyl (C=O) groups is 1. The summed E-state index contributed by atoms with van der Waals surface area (Å²) < 4.78 is 25.9. The van der Waals surface area contributed by atoms with Crippen LogP contribution in [0.4, 0.5) is 0 Å². The Balaban J connectivity index is 1.99. The van der Waals surface area contributed by atoms with Crippen LogP contribution in [0.3, 0.4) is 0 Å². The van der Waals surface area contributed by atoms with Crippen LogP contribution in [0.5, 0.6) is 0 Å². The molecule has 5 nitrogen and oxygen atoms in total. The van der Waals surface area contributed by atoms with Gasteiger partial charge in [0, 0.05) is 15.3 Å². The van der Waals surface area contributed by atoms with Crippen molar-refractivity contribution in [3.05, 3.63) is 39.6 Å². The van der Waals surface area contributed by atoms with Crippen molar-refractivity contribution >= 4 is 38.7 Å². The van der Waals surface area contributed by atoms with Gasteiger partial charge in [-0.05, 0) is 41.1 Å². The molecule has 110 valence electrons. The van der Waals surface area contributed by atoms with Crippen molar-refractivity contribution in [2.24, 2.45) is 0 Å². The van der Waals surface area contributed by atoms with Gasteiger partial charge in [-0.15, -0.1) is 0 Å². The summed E-state index contributed by atoms with van der Waals surface area (Å²) in [4.78, 5) is 11.3. The van der Waals surface area contributed by atoms with Crippen LogP contribution < -0.4 is 0 Å². The zero-order valence-electron chi connectivity index (χ0n) is 11.1. The van der Waals surface area contributed by atoms with E-state index in [1.807, 2.05) is 24.3 Å². The lowest BCUT2D eigenvalue weighted by Gasteiger charge is -2.07. The van der Waals surface area contributed by atoms with Crippen molar-refractivity contribution in [3.63, 3.8) is 0 Å². The Bertz CT molecular complexity index is 781. The maximum Gasteiger partial charge on any atom is 0.153 e. The van der Waals surface area contributed by atoms with E-state index in [4.69, 9.17) is 0 Å². The SMILES string of the molecule is O=Cc1cn(C2CCS(=O)(=O)C2)nc1-c1ccc(I)cc1. The number of nitrogens with zero attached hydrogens (tertiary/aromatic N) is 2. The normalized spacial score (nSPS) is 20.5. The number of sulfone groups is 1. The highest BCUT2D eigenvalue weighted by atomic mass is 127. The molecule has 0 bridgehead atoms. The van der Waals surface area contributed by atoms with E-state index < -0.39 is 9.84 Å². The maximum atomic E-state index is 11.6. The van der Waals surface area contributed by atoms with E-state index in [1.165, 1.54) is 0 Å². The third kappa shape index (κ3) is 3.03. The predicted octanol–water partition coefficient (Wildman–Crippen LogP) is 2.33. The number of carbonyl (C=O) groups excluding carboxylic acids is 1. The van der Waals surface area contributed by atoms with Crippen LogP contribution in [0, 0.1) is 3.57 Å². The molecule has 0 saturated carbocycles. The van der Waals surface area contributed by atoms with Gasteiger partial charge in [0.25, 0.3) is 0 Å². The van der Waals surface area contributed by atoms with E-state index in [0.29, 0.717) is 17.7 Å². The lowest BCUT2D eigenvalue weighted by atomic mass is 10.1. The molecule has 0 N–H and O–H groups in total. The standard InChI is InChI=1S/C14H13IN2O3S/c15-12-3-1-10(2-4-12)14-11(8-18)7-17(16-14)13-5-6-21(19,20)9-13/h1-4,7-8,13H,5-6,9H2. The third-order valence-electron chi connectivity index (χ3n) is 3.59. The molecule has 1 unspecified atom stereocenters. The van der Waals surface area contributed by atoms with Gasteiger partial charge in [-0.3, -0.25) is 9.48 Å². The smallest absolute Gasteiger partial charge is 0.153 e. The van der Waals surface area contributed by atoms with Crippen molar-refractivity contribution in [2.75, 3.05) is 11.5 Å². The molecule has 21 heavy (non-hydrogen) atoms. The summed E-state index contributed by atoms with van der Waals surface area (Å²) in [5, 5.41) is 4.45. The van der Waals surface area contributed by atoms with Gasteiger partial charge in [0.2, 0.25) is 0 Å². The van der Waals surface area contributed by atoms with Crippen LogP contribution in [0.25, 0.3) is 11.3 Å². The lowest BCUT2D eigenvalue weighted by Crippen LogP contribution is -2.11. The van der Waals surface area contributed by atoms with Gasteiger partial charge in [0.05, 0.1) is 23.1 Å². The van der Waals surface area contributed by atoms with Crippen molar-refractivity contribution in [3.8, 4) is 11.3 Å². The van der Waals surface area contributed by atoms with Gasteiger partial charge in [-0.2, -0.15) is 5.10 Å². The van der Waals surface area contributed by atoms with Crippen LogP contribution in [0.15, 0.2) is 30.5 Å². The molecule has 1 fully saturated rings. The number of benzene rings is 1. The van der Waals surface area contributed by atoms with E-state index in [0.717, 1.165) is 15.4 Å². The number of rotatable bonds is 3. The van der Waals surface area contributed by atoms with E-state index in [1.54, 1.807) is 10.9 Å². The Morgan fingerprint density at radius 1 is 1.29 bits per heavy atom. The summed E-state index contributed by atoms with van der Waals surface area (Å²) in [7, 11) is -2.97. The van der Waals surface area contributed by atoms with Gasteiger partial charge in [0.1, 0.15) is 5.69 Å². The summed E-state index contributed by atoms with van der Waals surface area (Å²) in [6.45, 7) is 0. The molecule has 0 radical (unpaired) electrons. The highest BCUT2D eigenvalue weighted by Crippen LogP contribution is 2.27. The molecular weight excluding hydrogens is 403 g/mol. The van der Waals surface area contributed by atoms with E-state index in [2.05, 4.69) is 27.7 Å². The van der Waals surface area contributed by atoms with Gasteiger partial charge < -0.3 is 0 Å². The predicted molar refractivity (Wildman–Crippen MR) is 88.1 cm³/mol. The highest BCUT2D eigenvalue weighted by molar-refractivity contribution is 14.1. The van der Waals surface area contributed by atoms with Crippen molar-refractivity contribution < 1.29 is 13.2 Å². The summed E-state index contributed by atoms with van der Waals surface area (Å²) >= 11 is 2.21. The first-order chi connectivity index (χ1) is 9.98. The third-order valence-corrected chi connectivity index (χ3v) is 6.06. The van der Waals surface area contributed by atoms with Crippen molar-refractivity contribution in [1.29, 1.82) is 0 Å². The largest absolute Gasteiger partial charge is 0.298 e. The van der Waals surface area contributed by atoms with E-state index in [9.17, 15) is 13.2 Å². The van der Waals surface area contributed by atoms with Crippen LogP contribution in [-0.2, 0) is 9.84 Å². The fourth-order valence-corrected chi connectivity index (χ4v) is 4.56. The second-order valence-corrected chi connectivity index (χ2v) is 8.57. The number of aromatic nitrogens is 2. The van der Waals surface area contributed by atoms with Crippen LogP contribution in [0.1, 0.15) is 22.8 Å². The Morgan fingerprint density at radius 3 is 2.57 bits per heavy atom. The fourth-order valence-electron chi connectivity index (χ4n) is 2.50. The second-order valence-electron chi connectivity index (χ2n) is 5.09. The van der Waals surface area contributed by atoms with Gasteiger partial charge in [-0.25, -0.2) is 8.42 Å². The Labute approximate surface area is 136 Å². The van der Waals surface area contributed by atoms with Crippen LogP contribution in [0.2, 0.25) is 0 Å². The fraction of sp³-hybridized carbons (Fsp3) is 0.286. The average Bonchev–Trinajstić information content (AvgIpc) is 3.02.